The number of carbonyl (C=O) groups excluding carboxylic acids is 3. The molecule has 2 fully saturated rings. The van der Waals surface area contributed by atoms with Crippen molar-refractivity contribution in [2.24, 2.45) is 11.8 Å². The zero-order valence-corrected chi connectivity index (χ0v) is 19.0. The number of nitrogens with zero attached hydrogens (tertiary/aromatic N) is 1. The molecular formula is C21H27ClN2O5S. The number of carbonyl (C=O) groups is 3. The van der Waals surface area contributed by atoms with Crippen LogP contribution in [0.5, 0.6) is 11.5 Å². The maximum atomic E-state index is 13.3. The summed E-state index contributed by atoms with van der Waals surface area (Å²) in [4.78, 5) is 40.5. The first-order valence-corrected chi connectivity index (χ1v) is 11.8. The first-order valence-electron chi connectivity index (χ1n) is 10.0. The molecule has 30 heavy (non-hydrogen) atoms. The van der Waals surface area contributed by atoms with E-state index in [1.54, 1.807) is 23.9 Å². The molecule has 3 amide bonds. The van der Waals surface area contributed by atoms with Gasteiger partial charge in [0.2, 0.25) is 17.7 Å². The second-order valence-corrected chi connectivity index (χ2v) is 8.91. The minimum Gasteiger partial charge on any atom is -0.495 e. The Labute approximate surface area is 185 Å². The summed E-state index contributed by atoms with van der Waals surface area (Å²) in [5.41, 5.74) is 0.370. The number of methoxy groups -OCH3 is 2. The Morgan fingerprint density at radius 1 is 1.17 bits per heavy atom. The number of likely N-dealkylation sites (tertiary alicyclic amines) is 1. The Morgan fingerprint density at radius 3 is 2.30 bits per heavy atom. The molecule has 1 aliphatic carbocycles. The molecule has 1 N–H and O–H groups in total. The minimum atomic E-state index is -0.866. The Hall–Kier alpha value is -1.93. The number of anilines is 1. The van der Waals surface area contributed by atoms with Gasteiger partial charge in [-0.1, -0.05) is 24.4 Å². The average Bonchev–Trinajstić information content (AvgIpc) is 3.00. The van der Waals surface area contributed by atoms with Crippen LogP contribution in [0.2, 0.25) is 5.02 Å². The molecule has 3 rings (SSSR count). The summed E-state index contributed by atoms with van der Waals surface area (Å²) in [6.07, 6.45) is 5.62. The SMILES string of the molecule is COc1cc(NC(=O)[C@@H](CCSC)N2C(=O)[C@H]3CCCC[C@H]3C2=O)c(OC)cc1Cl. The van der Waals surface area contributed by atoms with Crippen molar-refractivity contribution in [1.29, 1.82) is 0 Å². The standard InChI is InChI=1S/C21H27ClN2O5S/c1-28-17-11-15(18(29-2)10-14(17)22)23-19(25)16(8-9-30-3)24-20(26)12-6-4-5-7-13(12)21(24)27/h10-13,16H,4-9H2,1-3H3,(H,23,25)/t12-,13+,16-/m1/s1. The molecule has 0 bridgehead atoms. The van der Waals surface area contributed by atoms with Crippen molar-refractivity contribution in [3.63, 3.8) is 0 Å². The molecule has 164 valence electrons. The van der Waals surface area contributed by atoms with Crippen LogP contribution in [0.4, 0.5) is 5.69 Å². The molecule has 7 nitrogen and oxygen atoms in total. The number of thioether (sulfide) groups is 1. The lowest BCUT2D eigenvalue weighted by Crippen LogP contribution is -2.48. The summed E-state index contributed by atoms with van der Waals surface area (Å²) in [6.45, 7) is 0. The highest BCUT2D eigenvalue weighted by molar-refractivity contribution is 7.98. The van der Waals surface area contributed by atoms with Crippen LogP contribution in [0.1, 0.15) is 32.1 Å². The topological polar surface area (TPSA) is 84.9 Å². The molecule has 1 heterocycles. The molecule has 1 saturated carbocycles. The Kier molecular flexibility index (Phi) is 7.52. The summed E-state index contributed by atoms with van der Waals surface area (Å²) >= 11 is 7.71. The van der Waals surface area contributed by atoms with Crippen LogP contribution < -0.4 is 14.8 Å². The molecule has 1 aliphatic heterocycles. The van der Waals surface area contributed by atoms with Crippen molar-refractivity contribution in [3.8, 4) is 11.5 Å². The molecule has 9 heteroatoms. The average molecular weight is 455 g/mol. The van der Waals surface area contributed by atoms with Gasteiger partial charge in [-0.2, -0.15) is 11.8 Å². The molecule has 0 unspecified atom stereocenters. The van der Waals surface area contributed by atoms with Crippen molar-refractivity contribution >= 4 is 46.8 Å². The molecule has 2 aliphatic rings. The van der Waals surface area contributed by atoms with Crippen LogP contribution in [0.3, 0.4) is 0 Å². The predicted molar refractivity (Wildman–Crippen MR) is 117 cm³/mol. The fourth-order valence-corrected chi connectivity index (χ4v) is 4.97. The fraction of sp³-hybridized carbons (Fsp3) is 0.571. The molecule has 0 aromatic heterocycles. The highest BCUT2D eigenvalue weighted by atomic mass is 35.5. The van der Waals surface area contributed by atoms with E-state index < -0.39 is 11.9 Å². The number of rotatable bonds is 8. The van der Waals surface area contributed by atoms with Crippen molar-refractivity contribution in [1.82, 2.24) is 4.90 Å². The van der Waals surface area contributed by atoms with E-state index in [1.807, 2.05) is 6.26 Å². The van der Waals surface area contributed by atoms with Gasteiger partial charge in [0, 0.05) is 12.1 Å². The molecule has 3 atom stereocenters. The number of imide groups is 1. The second-order valence-electron chi connectivity index (χ2n) is 7.52. The van der Waals surface area contributed by atoms with Gasteiger partial charge in [-0.25, -0.2) is 0 Å². The summed E-state index contributed by atoms with van der Waals surface area (Å²) in [6, 6.07) is 2.25. The van der Waals surface area contributed by atoms with Gasteiger partial charge in [0.25, 0.3) is 0 Å². The zero-order chi connectivity index (χ0) is 21.8. The lowest BCUT2D eigenvalue weighted by molar-refractivity contribution is -0.146. The number of hydrogen-bond acceptors (Lipinski definition) is 6. The lowest BCUT2D eigenvalue weighted by atomic mass is 9.81. The van der Waals surface area contributed by atoms with E-state index >= 15 is 0 Å². The van der Waals surface area contributed by atoms with E-state index in [9.17, 15) is 14.4 Å². The van der Waals surface area contributed by atoms with Gasteiger partial charge in [-0.3, -0.25) is 19.3 Å². The van der Waals surface area contributed by atoms with E-state index in [4.69, 9.17) is 21.1 Å². The summed E-state index contributed by atoms with van der Waals surface area (Å²) in [5.74, 6) is -0.0449. The van der Waals surface area contributed by atoms with Gasteiger partial charge in [0.1, 0.15) is 17.5 Å². The molecular weight excluding hydrogens is 428 g/mol. The van der Waals surface area contributed by atoms with Crippen LogP contribution in [0, 0.1) is 11.8 Å². The largest absolute Gasteiger partial charge is 0.495 e. The van der Waals surface area contributed by atoms with Crippen molar-refractivity contribution in [2.45, 2.75) is 38.1 Å². The van der Waals surface area contributed by atoms with Crippen molar-refractivity contribution < 1.29 is 23.9 Å². The van der Waals surface area contributed by atoms with Crippen molar-refractivity contribution in [3.05, 3.63) is 17.2 Å². The number of amides is 3. The third kappa shape index (κ3) is 4.39. The molecule has 0 radical (unpaired) electrons. The third-order valence-corrected chi connectivity index (χ3v) is 6.76. The van der Waals surface area contributed by atoms with Crippen LogP contribution in [-0.4, -0.2) is 54.9 Å². The Morgan fingerprint density at radius 2 is 1.77 bits per heavy atom. The summed E-state index contributed by atoms with van der Waals surface area (Å²) < 4.78 is 10.6. The lowest BCUT2D eigenvalue weighted by Gasteiger charge is -2.26. The Balaban J connectivity index is 1.88. The summed E-state index contributed by atoms with van der Waals surface area (Å²) in [5, 5.41) is 3.16. The van der Waals surface area contributed by atoms with Gasteiger partial charge in [0.15, 0.2) is 0 Å². The number of benzene rings is 1. The van der Waals surface area contributed by atoms with E-state index in [1.165, 1.54) is 19.1 Å². The number of ether oxygens (including phenoxy) is 2. The van der Waals surface area contributed by atoms with Gasteiger partial charge in [-0.15, -0.1) is 0 Å². The minimum absolute atomic E-state index is 0.216. The van der Waals surface area contributed by atoms with Crippen molar-refractivity contribution in [2.75, 3.05) is 31.5 Å². The quantitative estimate of drug-likeness (QED) is 0.604. The van der Waals surface area contributed by atoms with Crippen LogP contribution in [0.15, 0.2) is 12.1 Å². The number of nitrogens with one attached hydrogen (secondary N) is 1. The van der Waals surface area contributed by atoms with Crippen LogP contribution in [-0.2, 0) is 14.4 Å². The van der Waals surface area contributed by atoms with Gasteiger partial charge in [-0.05, 0) is 31.3 Å². The van der Waals surface area contributed by atoms with Gasteiger partial charge >= 0.3 is 0 Å². The summed E-state index contributed by atoms with van der Waals surface area (Å²) in [7, 11) is 2.95. The molecule has 1 aromatic rings. The number of halogens is 1. The number of fused-ring (bicyclic) bond motifs is 1. The first-order chi connectivity index (χ1) is 14.4. The molecule has 1 aromatic carbocycles. The molecule has 0 spiro atoms. The first kappa shape index (κ1) is 22.7. The Bertz CT molecular complexity index is 810. The second kappa shape index (κ2) is 9.92. The van der Waals surface area contributed by atoms with E-state index in [-0.39, 0.29) is 23.7 Å². The van der Waals surface area contributed by atoms with E-state index in [0.717, 1.165) is 12.8 Å². The van der Waals surface area contributed by atoms with Crippen LogP contribution in [0.25, 0.3) is 0 Å². The zero-order valence-electron chi connectivity index (χ0n) is 17.4. The number of hydrogen-bond donors (Lipinski definition) is 1. The highest BCUT2D eigenvalue weighted by Crippen LogP contribution is 2.40. The monoisotopic (exact) mass is 454 g/mol. The van der Waals surface area contributed by atoms with E-state index in [2.05, 4.69) is 5.32 Å². The fourth-order valence-electron chi connectivity index (χ4n) is 4.28. The predicted octanol–water partition coefficient (Wildman–Crippen LogP) is 3.59. The van der Waals surface area contributed by atoms with Crippen LogP contribution >= 0.6 is 23.4 Å². The maximum Gasteiger partial charge on any atom is 0.247 e. The molecule has 1 saturated heterocycles. The van der Waals surface area contributed by atoms with E-state index in [0.29, 0.717) is 47.2 Å². The van der Waals surface area contributed by atoms with Gasteiger partial charge < -0.3 is 14.8 Å². The third-order valence-electron chi connectivity index (χ3n) is 5.82. The maximum absolute atomic E-state index is 13.3. The smallest absolute Gasteiger partial charge is 0.247 e. The highest BCUT2D eigenvalue weighted by Gasteiger charge is 2.51. The van der Waals surface area contributed by atoms with Gasteiger partial charge in [0.05, 0.1) is 36.8 Å². The normalized spacial score (nSPS) is 21.9.